The lowest BCUT2D eigenvalue weighted by Crippen LogP contribution is -2.49. The molecule has 1 aliphatic rings. The monoisotopic (exact) mass is 527 g/mol. The van der Waals surface area contributed by atoms with Crippen LogP contribution in [-0.2, 0) is 4.79 Å². The van der Waals surface area contributed by atoms with Gasteiger partial charge >= 0.3 is 6.18 Å². The zero-order chi connectivity index (χ0) is 25.2. The van der Waals surface area contributed by atoms with Crippen molar-refractivity contribution in [2.75, 3.05) is 37.7 Å². The van der Waals surface area contributed by atoms with E-state index in [4.69, 9.17) is 27.9 Å². The number of carbonyl (C=O) groups excluding carboxylic acids is 1. The average molecular weight is 528 g/mol. The lowest BCUT2D eigenvalue weighted by atomic mass is 10.2. The molecular formula is C23H22Cl2F3N5O2. The quantitative estimate of drug-likeness (QED) is 0.402. The normalized spacial score (nSPS) is 15.8. The summed E-state index contributed by atoms with van der Waals surface area (Å²) in [6.45, 7) is 2.47. The van der Waals surface area contributed by atoms with Crippen LogP contribution in [0.15, 0.2) is 42.6 Å². The van der Waals surface area contributed by atoms with Gasteiger partial charge in [0.15, 0.2) is 19.1 Å². The van der Waals surface area contributed by atoms with Crippen LogP contribution in [0.4, 0.5) is 18.9 Å². The molecule has 12 heteroatoms. The molecule has 1 saturated heterocycles. The molecule has 35 heavy (non-hydrogen) atoms. The van der Waals surface area contributed by atoms with E-state index in [1.807, 2.05) is 15.9 Å². The third-order valence-corrected chi connectivity index (χ3v) is 6.48. The van der Waals surface area contributed by atoms with E-state index < -0.39 is 18.9 Å². The first kappa shape index (κ1) is 25.3. The number of pyridine rings is 1. The van der Waals surface area contributed by atoms with Crippen molar-refractivity contribution in [2.24, 2.45) is 0 Å². The van der Waals surface area contributed by atoms with E-state index >= 15 is 0 Å². The number of benzene rings is 1. The maximum Gasteiger partial charge on any atom is 0.422 e. The van der Waals surface area contributed by atoms with Gasteiger partial charge in [-0.15, -0.1) is 0 Å². The molecule has 0 radical (unpaired) electrons. The minimum absolute atomic E-state index is 0.0291. The second-order valence-electron chi connectivity index (χ2n) is 8.00. The summed E-state index contributed by atoms with van der Waals surface area (Å²) >= 11 is 12.5. The SMILES string of the molecule is Cc1c(Cl)c(-c2ccccn2)nn1C(C=O)N1CCN(c2ccc(Cl)c(OCC(F)(F)F)c2)CC1. The molecule has 2 aromatic heterocycles. The highest BCUT2D eigenvalue weighted by atomic mass is 35.5. The zero-order valence-electron chi connectivity index (χ0n) is 18.7. The maximum atomic E-state index is 12.5. The van der Waals surface area contributed by atoms with E-state index in [-0.39, 0.29) is 10.8 Å². The van der Waals surface area contributed by atoms with E-state index in [0.29, 0.717) is 54.0 Å². The molecule has 0 spiro atoms. The third-order valence-electron chi connectivity index (χ3n) is 5.72. The highest BCUT2D eigenvalue weighted by Gasteiger charge is 2.30. The van der Waals surface area contributed by atoms with Gasteiger partial charge in [-0.2, -0.15) is 18.3 Å². The summed E-state index contributed by atoms with van der Waals surface area (Å²) in [6, 6.07) is 10.2. The van der Waals surface area contributed by atoms with Crippen molar-refractivity contribution in [1.29, 1.82) is 0 Å². The van der Waals surface area contributed by atoms with Gasteiger partial charge in [0.1, 0.15) is 11.4 Å². The fourth-order valence-electron chi connectivity index (χ4n) is 3.92. The zero-order valence-corrected chi connectivity index (χ0v) is 20.2. The van der Waals surface area contributed by atoms with Crippen molar-refractivity contribution >= 4 is 35.2 Å². The Kier molecular flexibility index (Phi) is 7.53. The fourth-order valence-corrected chi connectivity index (χ4v) is 4.32. The van der Waals surface area contributed by atoms with Gasteiger partial charge in [-0.25, -0.2) is 4.68 Å². The number of halogens is 5. The number of alkyl halides is 3. The molecule has 3 aromatic rings. The maximum absolute atomic E-state index is 12.5. The van der Waals surface area contributed by atoms with Gasteiger partial charge in [0.05, 0.1) is 21.4 Å². The lowest BCUT2D eigenvalue weighted by molar-refractivity contribution is -0.153. The van der Waals surface area contributed by atoms with Crippen molar-refractivity contribution in [1.82, 2.24) is 19.7 Å². The van der Waals surface area contributed by atoms with Gasteiger partial charge in [0.2, 0.25) is 0 Å². The van der Waals surface area contributed by atoms with Crippen LogP contribution in [0.25, 0.3) is 11.4 Å². The lowest BCUT2D eigenvalue weighted by Gasteiger charge is -2.38. The van der Waals surface area contributed by atoms with Gasteiger partial charge in [-0.05, 0) is 31.2 Å². The molecule has 0 amide bonds. The van der Waals surface area contributed by atoms with Crippen molar-refractivity contribution in [3.8, 4) is 17.1 Å². The summed E-state index contributed by atoms with van der Waals surface area (Å²) in [4.78, 5) is 20.4. The molecule has 186 valence electrons. The topological polar surface area (TPSA) is 63.5 Å². The Bertz CT molecular complexity index is 1180. The van der Waals surface area contributed by atoms with Crippen LogP contribution >= 0.6 is 23.2 Å². The van der Waals surface area contributed by atoms with Crippen molar-refractivity contribution in [2.45, 2.75) is 19.3 Å². The highest BCUT2D eigenvalue weighted by molar-refractivity contribution is 6.33. The molecule has 1 unspecified atom stereocenters. The van der Waals surface area contributed by atoms with Crippen molar-refractivity contribution in [3.05, 3.63) is 58.3 Å². The number of nitrogens with zero attached hydrogens (tertiary/aromatic N) is 5. The fraction of sp³-hybridized carbons (Fsp3) is 0.348. The summed E-state index contributed by atoms with van der Waals surface area (Å²) in [5, 5.41) is 5.11. The van der Waals surface area contributed by atoms with E-state index in [0.717, 1.165) is 6.29 Å². The Morgan fingerprint density at radius 2 is 1.89 bits per heavy atom. The Balaban J connectivity index is 1.47. The van der Waals surface area contributed by atoms with E-state index in [9.17, 15) is 18.0 Å². The van der Waals surface area contributed by atoms with Crippen LogP contribution in [-0.4, -0.2) is 64.9 Å². The molecule has 1 aromatic carbocycles. The molecule has 4 rings (SSSR count). The van der Waals surface area contributed by atoms with Crippen molar-refractivity contribution < 1.29 is 22.7 Å². The molecule has 0 bridgehead atoms. The second kappa shape index (κ2) is 10.4. The number of ether oxygens (including phenoxy) is 1. The Hall–Kier alpha value is -2.82. The molecule has 0 N–H and O–H groups in total. The average Bonchev–Trinajstić information content (AvgIpc) is 3.14. The molecule has 0 saturated carbocycles. The summed E-state index contributed by atoms with van der Waals surface area (Å²) < 4.78 is 44.1. The van der Waals surface area contributed by atoms with E-state index in [2.05, 4.69) is 10.1 Å². The number of carbonyl (C=O) groups is 1. The first-order chi connectivity index (χ1) is 16.7. The number of rotatable bonds is 7. The van der Waals surface area contributed by atoms with Gasteiger partial charge in [-0.3, -0.25) is 14.7 Å². The summed E-state index contributed by atoms with van der Waals surface area (Å²) in [7, 11) is 0. The minimum Gasteiger partial charge on any atom is -0.482 e. The van der Waals surface area contributed by atoms with Gasteiger partial charge in [0, 0.05) is 44.1 Å². The van der Waals surface area contributed by atoms with E-state index in [1.165, 1.54) is 12.1 Å². The molecule has 1 atom stereocenters. The third kappa shape index (κ3) is 5.71. The standard InChI is InChI=1S/C23H22Cl2F3N5O2/c1-15-21(25)22(18-4-2-3-7-29-18)30-33(15)20(13-34)32-10-8-31(9-11-32)16-5-6-17(24)19(12-16)35-14-23(26,27)28/h2-7,12-13,20H,8-11,14H2,1H3. The smallest absolute Gasteiger partial charge is 0.422 e. The van der Waals surface area contributed by atoms with Crippen LogP contribution in [0, 0.1) is 6.92 Å². The number of aldehydes is 1. The van der Waals surface area contributed by atoms with Crippen LogP contribution < -0.4 is 9.64 Å². The molecule has 0 aliphatic carbocycles. The van der Waals surface area contributed by atoms with Crippen LogP contribution in [0.1, 0.15) is 11.9 Å². The van der Waals surface area contributed by atoms with Crippen molar-refractivity contribution in [3.63, 3.8) is 0 Å². The predicted molar refractivity (Wildman–Crippen MR) is 127 cm³/mol. The Morgan fingerprint density at radius 3 is 2.51 bits per heavy atom. The first-order valence-corrected chi connectivity index (χ1v) is 11.5. The first-order valence-electron chi connectivity index (χ1n) is 10.8. The molecule has 1 fully saturated rings. The summed E-state index contributed by atoms with van der Waals surface area (Å²) in [5.41, 5.74) is 2.45. The van der Waals surface area contributed by atoms with Crippen LogP contribution in [0.2, 0.25) is 10.0 Å². The number of anilines is 1. The molecule has 3 heterocycles. The van der Waals surface area contributed by atoms with Gasteiger partial charge in [-0.1, -0.05) is 29.3 Å². The van der Waals surface area contributed by atoms with Crippen LogP contribution in [0.5, 0.6) is 5.75 Å². The summed E-state index contributed by atoms with van der Waals surface area (Å²) in [6.07, 6.45) is -2.66. The largest absolute Gasteiger partial charge is 0.482 e. The Labute approximate surface area is 210 Å². The van der Waals surface area contributed by atoms with Gasteiger partial charge < -0.3 is 9.64 Å². The number of piperazine rings is 1. The van der Waals surface area contributed by atoms with Crippen LogP contribution in [0.3, 0.4) is 0 Å². The Morgan fingerprint density at radius 1 is 1.14 bits per heavy atom. The minimum atomic E-state index is -4.46. The predicted octanol–water partition coefficient (Wildman–Crippen LogP) is 5.02. The van der Waals surface area contributed by atoms with E-state index in [1.54, 1.807) is 36.0 Å². The van der Waals surface area contributed by atoms with Gasteiger partial charge in [0.25, 0.3) is 0 Å². The second-order valence-corrected chi connectivity index (χ2v) is 8.78. The number of aromatic nitrogens is 3. The molecule has 1 aliphatic heterocycles. The number of hydrogen-bond acceptors (Lipinski definition) is 6. The molecule has 7 nitrogen and oxygen atoms in total. The highest BCUT2D eigenvalue weighted by Crippen LogP contribution is 2.33. The number of hydrogen-bond donors (Lipinski definition) is 0. The molecular weight excluding hydrogens is 506 g/mol. The summed E-state index contributed by atoms with van der Waals surface area (Å²) in [5.74, 6) is -0.0291.